The summed E-state index contributed by atoms with van der Waals surface area (Å²) >= 11 is 0. The van der Waals surface area contributed by atoms with Gasteiger partial charge in [-0.25, -0.2) is 4.98 Å². The molecule has 0 radical (unpaired) electrons. The number of ether oxygens (including phenoxy) is 2. The van der Waals surface area contributed by atoms with Gasteiger partial charge in [-0.2, -0.15) is 4.98 Å². The van der Waals surface area contributed by atoms with Crippen molar-refractivity contribution in [2.24, 2.45) is 5.92 Å². The van der Waals surface area contributed by atoms with Crippen LogP contribution in [0.5, 0.6) is 11.5 Å². The quantitative estimate of drug-likeness (QED) is 0.601. The Balaban J connectivity index is 1.38. The average molecular weight is 438 g/mol. The molecular formula is C23H27N5O4. The molecule has 2 aromatic heterocycles. The second-order valence-electron chi connectivity index (χ2n) is 7.86. The van der Waals surface area contributed by atoms with Gasteiger partial charge in [-0.15, -0.1) is 0 Å². The van der Waals surface area contributed by atoms with Crippen molar-refractivity contribution in [2.45, 2.75) is 26.3 Å². The van der Waals surface area contributed by atoms with Crippen LogP contribution < -0.4 is 14.8 Å². The van der Waals surface area contributed by atoms with E-state index in [0.717, 1.165) is 30.5 Å². The summed E-state index contributed by atoms with van der Waals surface area (Å²) in [7, 11) is 3.18. The van der Waals surface area contributed by atoms with Crippen LogP contribution in [0.25, 0.3) is 11.4 Å². The van der Waals surface area contributed by atoms with Crippen molar-refractivity contribution in [3.05, 3.63) is 48.0 Å². The summed E-state index contributed by atoms with van der Waals surface area (Å²) in [6, 6.07) is 9.25. The number of piperidine rings is 1. The molecule has 1 N–H and O–H groups in total. The highest BCUT2D eigenvalue weighted by atomic mass is 16.5. The molecule has 1 unspecified atom stereocenters. The van der Waals surface area contributed by atoms with E-state index in [2.05, 4.69) is 25.3 Å². The van der Waals surface area contributed by atoms with Crippen molar-refractivity contribution < 1.29 is 18.8 Å². The number of carbonyl (C=O) groups is 1. The molecular weight excluding hydrogens is 410 g/mol. The highest BCUT2D eigenvalue weighted by Gasteiger charge is 2.27. The predicted octanol–water partition coefficient (Wildman–Crippen LogP) is 3.31. The molecule has 1 aromatic carbocycles. The van der Waals surface area contributed by atoms with E-state index in [4.69, 9.17) is 14.0 Å². The normalized spacial score (nSPS) is 16.5. The van der Waals surface area contributed by atoms with Crippen molar-refractivity contribution in [2.75, 3.05) is 32.6 Å². The lowest BCUT2D eigenvalue weighted by atomic mass is 9.97. The van der Waals surface area contributed by atoms with E-state index in [1.165, 1.54) is 0 Å². The van der Waals surface area contributed by atoms with Crippen LogP contribution >= 0.6 is 0 Å². The number of benzene rings is 1. The highest BCUT2D eigenvalue weighted by molar-refractivity contribution is 5.91. The minimum Gasteiger partial charge on any atom is -0.493 e. The minimum absolute atomic E-state index is 0.00986. The van der Waals surface area contributed by atoms with Crippen molar-refractivity contribution in [3.63, 3.8) is 0 Å². The van der Waals surface area contributed by atoms with Crippen molar-refractivity contribution in [1.29, 1.82) is 0 Å². The number of pyridine rings is 1. The second kappa shape index (κ2) is 9.78. The van der Waals surface area contributed by atoms with Crippen LogP contribution in [0.1, 0.15) is 24.3 Å². The Labute approximate surface area is 186 Å². The van der Waals surface area contributed by atoms with Gasteiger partial charge in [0.2, 0.25) is 17.6 Å². The van der Waals surface area contributed by atoms with Gasteiger partial charge in [0.05, 0.1) is 26.7 Å². The first-order valence-electron chi connectivity index (χ1n) is 10.6. The Hall–Kier alpha value is -3.46. The first kappa shape index (κ1) is 21.8. The van der Waals surface area contributed by atoms with Gasteiger partial charge in [0.15, 0.2) is 11.5 Å². The molecule has 0 aliphatic carbocycles. The molecule has 3 heterocycles. The summed E-state index contributed by atoms with van der Waals surface area (Å²) in [4.78, 5) is 23.6. The number of rotatable bonds is 7. The van der Waals surface area contributed by atoms with Crippen molar-refractivity contribution >= 4 is 11.7 Å². The Bertz CT molecular complexity index is 1080. The number of hydrogen-bond acceptors (Lipinski definition) is 8. The number of likely N-dealkylation sites (tertiary alicyclic amines) is 1. The molecule has 1 aliphatic rings. The van der Waals surface area contributed by atoms with Gasteiger partial charge >= 0.3 is 0 Å². The fourth-order valence-corrected chi connectivity index (χ4v) is 3.85. The fourth-order valence-electron chi connectivity index (χ4n) is 3.85. The Kier molecular flexibility index (Phi) is 6.65. The number of nitrogens with one attached hydrogen (secondary N) is 1. The average Bonchev–Trinajstić information content (AvgIpc) is 3.27. The molecule has 0 spiro atoms. The summed E-state index contributed by atoms with van der Waals surface area (Å²) in [5, 5.41) is 7.04. The number of amides is 1. The van der Waals surface area contributed by atoms with Gasteiger partial charge in [0, 0.05) is 18.3 Å². The molecule has 1 fully saturated rings. The lowest BCUT2D eigenvalue weighted by molar-refractivity contribution is -0.121. The first-order valence-corrected chi connectivity index (χ1v) is 10.6. The standard InChI is InChI=1S/C23H27N5O4/c1-15-8-9-24-20(11-15)25-23(29)17-5-4-10-28(13-17)14-21-26-22(27-32-21)16-6-7-18(30-2)19(12-16)31-3/h6-9,11-12,17H,4-5,10,13-14H2,1-3H3,(H,24,25,29). The molecule has 1 atom stereocenters. The Morgan fingerprint density at radius 2 is 2.06 bits per heavy atom. The van der Waals surface area contributed by atoms with Crippen LogP contribution in [0.4, 0.5) is 5.82 Å². The Morgan fingerprint density at radius 3 is 2.84 bits per heavy atom. The molecule has 3 aromatic rings. The number of methoxy groups -OCH3 is 2. The number of hydrogen-bond donors (Lipinski definition) is 1. The topological polar surface area (TPSA) is 103 Å². The maximum absolute atomic E-state index is 12.7. The van der Waals surface area contributed by atoms with Crippen LogP contribution in [-0.2, 0) is 11.3 Å². The smallest absolute Gasteiger partial charge is 0.241 e. The summed E-state index contributed by atoms with van der Waals surface area (Å²) < 4.78 is 16.1. The minimum atomic E-state index is -0.112. The molecule has 9 heteroatoms. The third-order valence-electron chi connectivity index (χ3n) is 5.51. The molecule has 0 saturated carbocycles. The molecule has 4 rings (SSSR count). The molecule has 1 saturated heterocycles. The van der Waals surface area contributed by atoms with E-state index < -0.39 is 0 Å². The van der Waals surface area contributed by atoms with Crippen molar-refractivity contribution in [3.8, 4) is 22.9 Å². The first-order chi connectivity index (χ1) is 15.6. The zero-order chi connectivity index (χ0) is 22.5. The largest absolute Gasteiger partial charge is 0.493 e. The molecule has 9 nitrogen and oxygen atoms in total. The third-order valence-corrected chi connectivity index (χ3v) is 5.51. The SMILES string of the molecule is COc1ccc(-c2noc(CN3CCCC(C(=O)Nc4cc(C)ccn4)C3)n2)cc1OC. The summed E-state index contributed by atoms with van der Waals surface area (Å²) in [5.41, 5.74) is 1.83. The monoisotopic (exact) mass is 437 g/mol. The zero-order valence-electron chi connectivity index (χ0n) is 18.5. The van der Waals surface area contributed by atoms with Crippen LogP contribution in [0.15, 0.2) is 41.1 Å². The second-order valence-corrected chi connectivity index (χ2v) is 7.86. The zero-order valence-corrected chi connectivity index (χ0v) is 18.5. The van der Waals surface area contributed by atoms with Gasteiger partial charge in [-0.1, -0.05) is 5.16 Å². The lowest BCUT2D eigenvalue weighted by Crippen LogP contribution is -2.40. The number of carbonyl (C=O) groups excluding carboxylic acids is 1. The van der Waals surface area contributed by atoms with E-state index in [9.17, 15) is 4.79 Å². The fraction of sp³-hybridized carbons (Fsp3) is 0.391. The summed E-state index contributed by atoms with van der Waals surface area (Å²) in [6.45, 7) is 3.97. The van der Waals surface area contributed by atoms with Crippen LogP contribution in [0.2, 0.25) is 0 Å². The van der Waals surface area contributed by atoms with Crippen LogP contribution in [0, 0.1) is 12.8 Å². The van der Waals surface area contributed by atoms with E-state index in [-0.39, 0.29) is 11.8 Å². The van der Waals surface area contributed by atoms with Gasteiger partial charge in [-0.05, 0) is 62.2 Å². The number of aryl methyl sites for hydroxylation is 1. The van der Waals surface area contributed by atoms with Crippen molar-refractivity contribution in [1.82, 2.24) is 20.0 Å². The van der Waals surface area contributed by atoms with E-state index in [1.807, 2.05) is 31.2 Å². The third kappa shape index (κ3) is 5.05. The molecule has 32 heavy (non-hydrogen) atoms. The lowest BCUT2D eigenvalue weighted by Gasteiger charge is -2.30. The van der Waals surface area contributed by atoms with Crippen LogP contribution in [0.3, 0.4) is 0 Å². The summed E-state index contributed by atoms with van der Waals surface area (Å²) in [6.07, 6.45) is 3.47. The van der Waals surface area contributed by atoms with E-state index >= 15 is 0 Å². The molecule has 0 bridgehead atoms. The van der Waals surface area contributed by atoms with Gasteiger partial charge in [-0.3, -0.25) is 9.69 Å². The maximum atomic E-state index is 12.7. The van der Waals surface area contributed by atoms with Gasteiger partial charge < -0.3 is 19.3 Å². The highest BCUT2D eigenvalue weighted by Crippen LogP contribution is 2.31. The van der Waals surface area contributed by atoms with Gasteiger partial charge in [0.1, 0.15) is 5.82 Å². The predicted molar refractivity (Wildman–Crippen MR) is 118 cm³/mol. The molecule has 1 aliphatic heterocycles. The summed E-state index contributed by atoms with van der Waals surface area (Å²) in [5.74, 6) is 2.70. The number of anilines is 1. The van der Waals surface area contributed by atoms with Gasteiger partial charge in [0.25, 0.3) is 0 Å². The maximum Gasteiger partial charge on any atom is 0.241 e. The Morgan fingerprint density at radius 1 is 1.22 bits per heavy atom. The number of nitrogens with zero attached hydrogens (tertiary/aromatic N) is 4. The van der Waals surface area contributed by atoms with E-state index in [1.54, 1.807) is 26.5 Å². The number of aromatic nitrogens is 3. The molecule has 168 valence electrons. The van der Waals surface area contributed by atoms with E-state index in [0.29, 0.717) is 42.1 Å². The molecule has 1 amide bonds. The van der Waals surface area contributed by atoms with Crippen LogP contribution in [-0.4, -0.2) is 53.2 Å².